The third kappa shape index (κ3) is 3.68. The highest BCUT2D eigenvalue weighted by atomic mass is 79.9. The Kier molecular flexibility index (Phi) is 4.99. The van der Waals surface area contributed by atoms with Crippen molar-refractivity contribution in [2.24, 2.45) is 0 Å². The number of ether oxygens (including phenoxy) is 1. The molecule has 6 heteroatoms. The van der Waals surface area contributed by atoms with E-state index in [2.05, 4.69) is 15.9 Å². The van der Waals surface area contributed by atoms with E-state index in [1.807, 2.05) is 0 Å². The van der Waals surface area contributed by atoms with Crippen LogP contribution in [0.25, 0.3) is 0 Å². The summed E-state index contributed by atoms with van der Waals surface area (Å²) < 4.78 is 30.7. The predicted molar refractivity (Wildman–Crippen MR) is 80.7 cm³/mol. The maximum absolute atomic E-state index is 12.3. The molecule has 2 atom stereocenters. The van der Waals surface area contributed by atoms with Crippen molar-refractivity contribution in [1.82, 2.24) is 0 Å². The summed E-state index contributed by atoms with van der Waals surface area (Å²) in [5.41, 5.74) is 0.414. The molecule has 110 valence electrons. The first-order chi connectivity index (χ1) is 9.40. The molecule has 1 aromatic rings. The largest absolute Gasteiger partial charge is 0.377 e. The van der Waals surface area contributed by atoms with Crippen LogP contribution in [0, 0.1) is 0 Å². The lowest BCUT2D eigenvalue weighted by molar-refractivity contribution is 0.0990. The summed E-state index contributed by atoms with van der Waals surface area (Å²) in [5, 5.41) is -1.03. The van der Waals surface area contributed by atoms with Gasteiger partial charge in [0.25, 0.3) is 0 Å². The van der Waals surface area contributed by atoms with Crippen molar-refractivity contribution in [1.29, 1.82) is 0 Å². The Hall–Kier alpha value is -0.720. The molecule has 0 aromatic heterocycles. The van der Waals surface area contributed by atoms with Crippen LogP contribution in [0.3, 0.4) is 0 Å². The van der Waals surface area contributed by atoms with Crippen LogP contribution in [0.15, 0.2) is 28.7 Å². The van der Waals surface area contributed by atoms with Gasteiger partial charge in [0.1, 0.15) is 5.25 Å². The zero-order chi connectivity index (χ0) is 14.8. The van der Waals surface area contributed by atoms with E-state index in [-0.39, 0.29) is 17.6 Å². The fraction of sp³-hybridized carbons (Fsp3) is 0.500. The number of carbonyl (C=O) groups is 1. The highest BCUT2D eigenvalue weighted by molar-refractivity contribution is 9.10. The van der Waals surface area contributed by atoms with Crippen LogP contribution < -0.4 is 0 Å². The second-order valence-corrected chi connectivity index (χ2v) is 8.26. The van der Waals surface area contributed by atoms with Gasteiger partial charge >= 0.3 is 0 Å². The minimum absolute atomic E-state index is 0.0730. The SMILES string of the molecule is CC(C(=O)c1ccc(Br)cc1)S(=O)(=O)CC1CCCO1. The van der Waals surface area contributed by atoms with Crippen LogP contribution in [0.2, 0.25) is 0 Å². The monoisotopic (exact) mass is 360 g/mol. The third-order valence-electron chi connectivity index (χ3n) is 3.48. The predicted octanol–water partition coefficient (Wildman–Crippen LogP) is 2.61. The van der Waals surface area contributed by atoms with Gasteiger partial charge in [-0.05, 0) is 31.9 Å². The summed E-state index contributed by atoms with van der Waals surface area (Å²) in [6, 6.07) is 6.72. The highest BCUT2D eigenvalue weighted by Crippen LogP contribution is 2.19. The molecule has 1 aliphatic heterocycles. The van der Waals surface area contributed by atoms with Crippen molar-refractivity contribution < 1.29 is 17.9 Å². The average Bonchev–Trinajstić information content (AvgIpc) is 2.90. The molecule has 1 aromatic carbocycles. The van der Waals surface area contributed by atoms with Crippen LogP contribution in [0.1, 0.15) is 30.1 Å². The van der Waals surface area contributed by atoms with E-state index in [1.165, 1.54) is 6.92 Å². The number of halogens is 1. The van der Waals surface area contributed by atoms with Crippen LogP contribution in [0.5, 0.6) is 0 Å². The van der Waals surface area contributed by atoms with E-state index in [1.54, 1.807) is 24.3 Å². The van der Waals surface area contributed by atoms with Crippen molar-refractivity contribution in [3.8, 4) is 0 Å². The lowest BCUT2D eigenvalue weighted by atomic mass is 10.1. The first-order valence-corrected chi connectivity index (χ1v) is 9.04. The number of Topliss-reactive ketones (excluding diaryl/α,β-unsaturated/α-hetero) is 1. The Morgan fingerprint density at radius 1 is 1.40 bits per heavy atom. The van der Waals surface area contributed by atoms with Gasteiger partial charge in [0, 0.05) is 16.6 Å². The van der Waals surface area contributed by atoms with Crippen LogP contribution in [-0.2, 0) is 14.6 Å². The van der Waals surface area contributed by atoms with E-state index in [9.17, 15) is 13.2 Å². The van der Waals surface area contributed by atoms with E-state index in [0.29, 0.717) is 12.2 Å². The Morgan fingerprint density at radius 2 is 2.05 bits per heavy atom. The number of rotatable bonds is 5. The molecule has 4 nitrogen and oxygen atoms in total. The normalized spacial score (nSPS) is 20.8. The zero-order valence-corrected chi connectivity index (χ0v) is 13.6. The minimum Gasteiger partial charge on any atom is -0.377 e. The lowest BCUT2D eigenvalue weighted by Gasteiger charge is -2.15. The number of hydrogen-bond donors (Lipinski definition) is 0. The molecule has 20 heavy (non-hydrogen) atoms. The molecule has 0 N–H and O–H groups in total. The maximum Gasteiger partial charge on any atom is 0.180 e. The van der Waals surface area contributed by atoms with Gasteiger partial charge in [0.05, 0.1) is 11.9 Å². The van der Waals surface area contributed by atoms with Crippen molar-refractivity contribution in [2.75, 3.05) is 12.4 Å². The molecule has 0 saturated carbocycles. The molecular formula is C14H17BrO4S. The fourth-order valence-corrected chi connectivity index (χ4v) is 3.99. The maximum atomic E-state index is 12.3. The Balaban J connectivity index is 2.10. The number of sulfone groups is 1. The van der Waals surface area contributed by atoms with Crippen molar-refractivity contribution >= 4 is 31.6 Å². The molecule has 0 radical (unpaired) electrons. The number of hydrogen-bond acceptors (Lipinski definition) is 4. The van der Waals surface area contributed by atoms with Gasteiger partial charge in [-0.25, -0.2) is 8.42 Å². The van der Waals surface area contributed by atoms with Gasteiger partial charge in [-0.2, -0.15) is 0 Å². The van der Waals surface area contributed by atoms with Crippen molar-refractivity contribution in [3.05, 3.63) is 34.3 Å². The van der Waals surface area contributed by atoms with E-state index in [0.717, 1.165) is 17.3 Å². The smallest absolute Gasteiger partial charge is 0.180 e. The topological polar surface area (TPSA) is 60.4 Å². The second kappa shape index (κ2) is 6.37. The van der Waals surface area contributed by atoms with Crippen LogP contribution in [-0.4, -0.2) is 37.9 Å². The molecular weight excluding hydrogens is 344 g/mol. The summed E-state index contributed by atoms with van der Waals surface area (Å²) in [6.45, 7) is 2.06. The van der Waals surface area contributed by atoms with E-state index < -0.39 is 15.1 Å². The van der Waals surface area contributed by atoms with Crippen molar-refractivity contribution in [2.45, 2.75) is 31.1 Å². The second-order valence-electron chi connectivity index (χ2n) is 4.98. The van der Waals surface area contributed by atoms with Gasteiger partial charge in [-0.3, -0.25) is 4.79 Å². The molecule has 1 saturated heterocycles. The highest BCUT2D eigenvalue weighted by Gasteiger charge is 2.32. The van der Waals surface area contributed by atoms with Gasteiger partial charge in [0.2, 0.25) is 0 Å². The Labute approximate surface area is 127 Å². The summed E-state index contributed by atoms with van der Waals surface area (Å²) in [6.07, 6.45) is 1.37. The molecule has 1 fully saturated rings. The summed E-state index contributed by atoms with van der Waals surface area (Å²) in [7, 11) is -3.49. The van der Waals surface area contributed by atoms with Gasteiger partial charge < -0.3 is 4.74 Å². The summed E-state index contributed by atoms with van der Waals surface area (Å²) in [5.74, 6) is -0.438. The van der Waals surface area contributed by atoms with Gasteiger partial charge in [-0.15, -0.1) is 0 Å². The molecule has 0 spiro atoms. The Bertz CT molecular complexity index is 574. The molecule has 1 aliphatic rings. The molecule has 0 aliphatic carbocycles. The van der Waals surface area contributed by atoms with Crippen LogP contribution in [0.4, 0.5) is 0 Å². The Morgan fingerprint density at radius 3 is 2.60 bits per heavy atom. The zero-order valence-electron chi connectivity index (χ0n) is 11.2. The number of ketones is 1. The standard InChI is InChI=1S/C14H17BrO4S/c1-10(14(16)11-4-6-12(15)7-5-11)20(17,18)9-13-3-2-8-19-13/h4-7,10,13H,2-3,8-9H2,1H3. The molecule has 1 heterocycles. The van der Waals surface area contributed by atoms with E-state index >= 15 is 0 Å². The van der Waals surface area contributed by atoms with E-state index in [4.69, 9.17) is 4.74 Å². The fourth-order valence-electron chi connectivity index (χ4n) is 2.19. The average molecular weight is 361 g/mol. The molecule has 0 amide bonds. The first-order valence-electron chi connectivity index (χ1n) is 6.53. The number of benzene rings is 1. The lowest BCUT2D eigenvalue weighted by Crippen LogP contribution is -2.33. The molecule has 0 bridgehead atoms. The number of carbonyl (C=O) groups excluding carboxylic acids is 1. The molecule has 2 unspecified atom stereocenters. The molecule has 2 rings (SSSR count). The van der Waals surface area contributed by atoms with Crippen molar-refractivity contribution in [3.63, 3.8) is 0 Å². The van der Waals surface area contributed by atoms with Gasteiger partial charge in [-0.1, -0.05) is 28.1 Å². The van der Waals surface area contributed by atoms with Gasteiger partial charge in [0.15, 0.2) is 15.6 Å². The summed E-state index contributed by atoms with van der Waals surface area (Å²) >= 11 is 3.28. The quantitative estimate of drug-likeness (QED) is 0.757. The first kappa shape index (κ1) is 15.7. The van der Waals surface area contributed by atoms with Crippen LogP contribution >= 0.6 is 15.9 Å². The third-order valence-corrected chi connectivity index (χ3v) is 6.14. The summed E-state index contributed by atoms with van der Waals surface area (Å²) in [4.78, 5) is 12.2. The minimum atomic E-state index is -3.49.